The molecule has 2 atom stereocenters. The van der Waals surface area contributed by atoms with Crippen LogP contribution < -0.4 is 10.6 Å². The molecule has 1 aliphatic rings. The van der Waals surface area contributed by atoms with Crippen LogP contribution in [0, 0.1) is 0 Å². The van der Waals surface area contributed by atoms with Gasteiger partial charge in [-0.2, -0.15) is 0 Å². The number of esters is 1. The van der Waals surface area contributed by atoms with Crippen molar-refractivity contribution in [3.63, 3.8) is 0 Å². The second-order valence-corrected chi connectivity index (χ2v) is 6.46. The summed E-state index contributed by atoms with van der Waals surface area (Å²) < 4.78 is 7.52. The summed E-state index contributed by atoms with van der Waals surface area (Å²) in [6, 6.07) is 1.99. The van der Waals surface area contributed by atoms with Crippen molar-refractivity contribution in [2.24, 2.45) is 12.8 Å². The molecular formula is C15H25N3O2. The molecule has 1 saturated heterocycles. The Morgan fingerprint density at radius 3 is 2.65 bits per heavy atom. The molecule has 0 radical (unpaired) electrons. The van der Waals surface area contributed by atoms with Gasteiger partial charge < -0.3 is 19.9 Å². The first-order chi connectivity index (χ1) is 9.31. The number of hydrogen-bond donors (Lipinski definition) is 1. The summed E-state index contributed by atoms with van der Waals surface area (Å²) in [6.07, 6.45) is 5.72. The number of nitrogens with zero attached hydrogens (tertiary/aromatic N) is 2. The quantitative estimate of drug-likeness (QED) is 0.855. The highest BCUT2D eigenvalue weighted by molar-refractivity contribution is 5.81. The lowest BCUT2D eigenvalue weighted by Crippen LogP contribution is -2.46. The molecule has 0 spiro atoms. The SMILES string of the molecule is Cn1ccc(N2[C@H](CN)CC[C@H]2C(=O)OC(C)(C)C)c1. The van der Waals surface area contributed by atoms with E-state index in [0.29, 0.717) is 6.54 Å². The third kappa shape index (κ3) is 3.15. The summed E-state index contributed by atoms with van der Waals surface area (Å²) in [5.74, 6) is -0.155. The van der Waals surface area contributed by atoms with Crippen molar-refractivity contribution in [3.05, 3.63) is 18.5 Å². The molecule has 2 rings (SSSR count). The van der Waals surface area contributed by atoms with E-state index in [9.17, 15) is 4.79 Å². The van der Waals surface area contributed by atoms with E-state index < -0.39 is 5.60 Å². The first kappa shape index (κ1) is 14.9. The summed E-state index contributed by atoms with van der Waals surface area (Å²) in [6.45, 7) is 6.24. The average Bonchev–Trinajstić information content (AvgIpc) is 2.91. The highest BCUT2D eigenvalue weighted by Gasteiger charge is 2.39. The molecule has 5 heteroatoms. The zero-order chi connectivity index (χ0) is 14.9. The van der Waals surface area contributed by atoms with Gasteiger partial charge in [0.2, 0.25) is 0 Å². The molecule has 2 heterocycles. The van der Waals surface area contributed by atoms with E-state index in [4.69, 9.17) is 10.5 Å². The molecule has 0 aromatic carbocycles. The third-order valence-electron chi connectivity index (χ3n) is 3.57. The van der Waals surface area contributed by atoms with Gasteiger partial charge in [0.05, 0.1) is 5.69 Å². The lowest BCUT2D eigenvalue weighted by molar-refractivity contribution is -0.156. The standard InChI is InChI=1S/C15H25N3O2/c1-15(2,3)20-14(19)13-6-5-11(9-16)18(13)12-7-8-17(4)10-12/h7-8,10-11,13H,5-6,9,16H2,1-4H3/t11-,13-/m0/s1. The number of carbonyl (C=O) groups is 1. The number of hydrogen-bond acceptors (Lipinski definition) is 4. The van der Waals surface area contributed by atoms with Gasteiger partial charge in [0.1, 0.15) is 11.6 Å². The van der Waals surface area contributed by atoms with Crippen LogP contribution in [0.1, 0.15) is 33.6 Å². The minimum atomic E-state index is -0.458. The minimum Gasteiger partial charge on any atom is -0.458 e. The Morgan fingerprint density at radius 1 is 1.45 bits per heavy atom. The highest BCUT2D eigenvalue weighted by Crippen LogP contribution is 2.31. The van der Waals surface area contributed by atoms with E-state index in [0.717, 1.165) is 18.5 Å². The molecule has 0 unspecified atom stereocenters. The second kappa shape index (κ2) is 5.48. The van der Waals surface area contributed by atoms with Crippen LogP contribution in [0.2, 0.25) is 0 Å². The minimum absolute atomic E-state index is 0.155. The molecule has 112 valence electrons. The summed E-state index contributed by atoms with van der Waals surface area (Å²) >= 11 is 0. The van der Waals surface area contributed by atoms with Gasteiger partial charge in [-0.05, 0) is 39.7 Å². The monoisotopic (exact) mass is 279 g/mol. The smallest absolute Gasteiger partial charge is 0.329 e. The molecule has 1 aliphatic heterocycles. The van der Waals surface area contributed by atoms with Crippen LogP contribution in [0.15, 0.2) is 18.5 Å². The van der Waals surface area contributed by atoms with Crippen LogP contribution in [-0.4, -0.2) is 34.8 Å². The third-order valence-corrected chi connectivity index (χ3v) is 3.57. The molecule has 1 aromatic rings. The molecule has 1 fully saturated rings. The fraction of sp³-hybridized carbons (Fsp3) is 0.667. The zero-order valence-electron chi connectivity index (χ0n) is 12.8. The molecular weight excluding hydrogens is 254 g/mol. The zero-order valence-corrected chi connectivity index (χ0v) is 12.8. The second-order valence-electron chi connectivity index (χ2n) is 6.46. The van der Waals surface area contributed by atoms with Crippen LogP contribution in [-0.2, 0) is 16.6 Å². The van der Waals surface area contributed by atoms with Gasteiger partial charge >= 0.3 is 5.97 Å². The Kier molecular flexibility index (Phi) is 4.09. The van der Waals surface area contributed by atoms with Gasteiger partial charge in [0.15, 0.2) is 0 Å². The van der Waals surface area contributed by atoms with Gasteiger partial charge in [-0.1, -0.05) is 0 Å². The molecule has 1 aromatic heterocycles. The molecule has 0 aliphatic carbocycles. The van der Waals surface area contributed by atoms with E-state index in [2.05, 4.69) is 4.90 Å². The Bertz CT molecular complexity index is 476. The van der Waals surface area contributed by atoms with Gasteiger partial charge in [-0.25, -0.2) is 4.79 Å². The predicted octanol–water partition coefficient (Wildman–Crippen LogP) is 1.66. The van der Waals surface area contributed by atoms with E-state index >= 15 is 0 Å². The van der Waals surface area contributed by atoms with Crippen molar-refractivity contribution >= 4 is 11.7 Å². The predicted molar refractivity (Wildman–Crippen MR) is 79.6 cm³/mol. The molecule has 20 heavy (non-hydrogen) atoms. The van der Waals surface area contributed by atoms with E-state index in [1.807, 2.05) is 50.8 Å². The summed E-state index contributed by atoms with van der Waals surface area (Å²) in [5, 5.41) is 0. The normalized spacial score (nSPS) is 23.1. The molecule has 0 bridgehead atoms. The number of ether oxygens (including phenoxy) is 1. The van der Waals surface area contributed by atoms with Crippen LogP contribution in [0.5, 0.6) is 0 Å². The van der Waals surface area contributed by atoms with E-state index in [1.54, 1.807) is 0 Å². The number of aromatic nitrogens is 1. The number of aryl methyl sites for hydroxylation is 1. The summed E-state index contributed by atoms with van der Waals surface area (Å²) in [4.78, 5) is 14.5. The van der Waals surface area contributed by atoms with E-state index in [1.165, 1.54) is 0 Å². The topological polar surface area (TPSA) is 60.5 Å². The molecule has 0 amide bonds. The van der Waals surface area contributed by atoms with Crippen molar-refractivity contribution < 1.29 is 9.53 Å². The largest absolute Gasteiger partial charge is 0.458 e. The highest BCUT2D eigenvalue weighted by atomic mass is 16.6. The van der Waals surface area contributed by atoms with Gasteiger partial charge in [-0.3, -0.25) is 0 Å². The van der Waals surface area contributed by atoms with E-state index in [-0.39, 0.29) is 18.1 Å². The van der Waals surface area contributed by atoms with Crippen molar-refractivity contribution in [3.8, 4) is 0 Å². The van der Waals surface area contributed by atoms with Crippen LogP contribution in [0.25, 0.3) is 0 Å². The van der Waals surface area contributed by atoms with Crippen molar-refractivity contribution in [2.75, 3.05) is 11.4 Å². The Hall–Kier alpha value is -1.49. The van der Waals surface area contributed by atoms with Gasteiger partial charge in [-0.15, -0.1) is 0 Å². The first-order valence-electron chi connectivity index (χ1n) is 7.15. The number of anilines is 1. The number of carbonyl (C=O) groups excluding carboxylic acids is 1. The van der Waals surface area contributed by atoms with Crippen molar-refractivity contribution in [1.29, 1.82) is 0 Å². The lowest BCUT2D eigenvalue weighted by atomic mass is 10.1. The number of nitrogens with two attached hydrogens (primary N) is 1. The first-order valence-corrected chi connectivity index (χ1v) is 7.15. The maximum Gasteiger partial charge on any atom is 0.329 e. The molecule has 2 N–H and O–H groups in total. The van der Waals surface area contributed by atoms with Crippen LogP contribution >= 0.6 is 0 Å². The van der Waals surface area contributed by atoms with Crippen molar-refractivity contribution in [2.45, 2.75) is 51.3 Å². The summed E-state index contributed by atoms with van der Waals surface area (Å²) in [7, 11) is 1.97. The van der Waals surface area contributed by atoms with Crippen LogP contribution in [0.3, 0.4) is 0 Å². The number of rotatable bonds is 3. The maximum absolute atomic E-state index is 12.4. The molecule has 0 saturated carbocycles. The van der Waals surface area contributed by atoms with Gasteiger partial charge in [0.25, 0.3) is 0 Å². The average molecular weight is 279 g/mol. The Labute approximate surface area is 120 Å². The lowest BCUT2D eigenvalue weighted by Gasteiger charge is -2.31. The maximum atomic E-state index is 12.4. The fourth-order valence-electron chi connectivity index (χ4n) is 2.75. The Morgan fingerprint density at radius 2 is 2.15 bits per heavy atom. The van der Waals surface area contributed by atoms with Crippen molar-refractivity contribution in [1.82, 2.24) is 4.57 Å². The fourth-order valence-corrected chi connectivity index (χ4v) is 2.75. The summed E-state index contributed by atoms with van der Waals surface area (Å²) in [5.41, 5.74) is 6.44. The molecule has 5 nitrogen and oxygen atoms in total. The van der Waals surface area contributed by atoms with Crippen LogP contribution in [0.4, 0.5) is 5.69 Å². The Balaban J connectivity index is 2.21. The van der Waals surface area contributed by atoms with Gasteiger partial charge in [0, 0.05) is 32.0 Å².